The molecule has 11 heteroatoms. The van der Waals surface area contributed by atoms with Gasteiger partial charge >= 0.3 is 0 Å². The van der Waals surface area contributed by atoms with Crippen molar-refractivity contribution in [3.05, 3.63) is 53.2 Å². The van der Waals surface area contributed by atoms with E-state index < -0.39 is 42.0 Å². The highest BCUT2D eigenvalue weighted by Crippen LogP contribution is 2.42. The van der Waals surface area contributed by atoms with Crippen LogP contribution in [0.2, 0.25) is 0 Å². The predicted octanol–water partition coefficient (Wildman–Crippen LogP) is 2.32. The number of aromatic nitrogens is 2. The highest BCUT2D eigenvalue weighted by Gasteiger charge is 2.46. The fraction of sp³-hybridized carbons (Fsp3) is 0.368. The molecule has 30 heavy (non-hydrogen) atoms. The number of amidine groups is 1. The standard InChI is InChI=1S/C19H19F3N4O3S/c1-19(17(22)15(8-27)30-18(23)26-19)11-4-10(2-3-12(11)21)5-14(28)13-6-25-16(7-24-13)29-9-20/h2-4,6-7,15,17,27H,5,8-9H2,1H3,(H2,23,26)/t15-,17+,19-/m1/s1. The van der Waals surface area contributed by atoms with Crippen LogP contribution < -0.4 is 10.5 Å². The number of rotatable bonds is 7. The van der Waals surface area contributed by atoms with Gasteiger partial charge in [-0.2, -0.15) is 0 Å². The minimum atomic E-state index is -1.70. The molecule has 0 saturated carbocycles. The van der Waals surface area contributed by atoms with Gasteiger partial charge in [-0.05, 0) is 24.6 Å². The SMILES string of the molecule is C[C@]1(c2cc(CC(=O)c3cnc(OCF)cn3)ccc2F)N=C(N)S[C@H](CO)[C@@H]1F. The number of ketones is 1. The number of hydrogen-bond acceptors (Lipinski definition) is 8. The van der Waals surface area contributed by atoms with Crippen molar-refractivity contribution in [2.75, 3.05) is 13.5 Å². The number of Topliss-reactive ketones (excluding diaryl/α,β-unsaturated/α-hetero) is 1. The Balaban J connectivity index is 1.88. The van der Waals surface area contributed by atoms with Crippen molar-refractivity contribution in [3.63, 3.8) is 0 Å². The zero-order valence-electron chi connectivity index (χ0n) is 15.9. The van der Waals surface area contributed by atoms with Crippen molar-refractivity contribution in [2.24, 2.45) is 10.7 Å². The summed E-state index contributed by atoms with van der Waals surface area (Å²) in [4.78, 5) is 24.2. The number of nitrogens with zero attached hydrogens (tertiary/aromatic N) is 3. The Labute approximate surface area is 174 Å². The number of aliphatic hydroxyl groups excluding tert-OH is 1. The van der Waals surface area contributed by atoms with Gasteiger partial charge < -0.3 is 15.6 Å². The number of benzene rings is 1. The van der Waals surface area contributed by atoms with Crippen molar-refractivity contribution < 1.29 is 27.8 Å². The van der Waals surface area contributed by atoms with Gasteiger partial charge in [-0.25, -0.2) is 28.1 Å². The second-order valence-electron chi connectivity index (χ2n) is 6.75. The van der Waals surface area contributed by atoms with Crippen molar-refractivity contribution in [2.45, 2.75) is 30.3 Å². The number of carbonyl (C=O) groups excluding carboxylic acids is 1. The number of halogens is 3. The van der Waals surface area contributed by atoms with Crippen LogP contribution in [0.4, 0.5) is 13.2 Å². The third-order valence-corrected chi connectivity index (χ3v) is 5.74. The van der Waals surface area contributed by atoms with Crippen LogP contribution in [0.1, 0.15) is 28.5 Å². The van der Waals surface area contributed by atoms with E-state index in [1.807, 2.05) is 0 Å². The summed E-state index contributed by atoms with van der Waals surface area (Å²) in [6, 6.07) is 3.88. The lowest BCUT2D eigenvalue weighted by atomic mass is 9.84. The summed E-state index contributed by atoms with van der Waals surface area (Å²) in [5.41, 5.74) is 4.46. The zero-order chi connectivity index (χ0) is 21.9. The van der Waals surface area contributed by atoms with Crippen molar-refractivity contribution in [3.8, 4) is 5.88 Å². The maximum atomic E-state index is 15.1. The Morgan fingerprint density at radius 2 is 2.13 bits per heavy atom. The largest absolute Gasteiger partial charge is 0.445 e. The molecule has 2 aromatic rings. The molecule has 0 bridgehead atoms. The van der Waals surface area contributed by atoms with E-state index in [1.165, 1.54) is 19.1 Å². The summed E-state index contributed by atoms with van der Waals surface area (Å²) in [5, 5.41) is 8.58. The molecule has 0 unspecified atom stereocenters. The smallest absolute Gasteiger partial charge is 0.234 e. The maximum Gasteiger partial charge on any atom is 0.234 e. The highest BCUT2D eigenvalue weighted by atomic mass is 32.2. The molecule has 1 aliphatic heterocycles. The van der Waals surface area contributed by atoms with Gasteiger partial charge in [-0.1, -0.05) is 17.8 Å². The quantitative estimate of drug-likeness (QED) is 0.636. The van der Waals surface area contributed by atoms with Gasteiger partial charge in [0.1, 0.15) is 23.2 Å². The van der Waals surface area contributed by atoms with Crippen molar-refractivity contribution in [1.29, 1.82) is 0 Å². The summed E-state index contributed by atoms with van der Waals surface area (Å²) in [6.07, 6.45) is 0.403. The van der Waals surface area contributed by atoms with Gasteiger partial charge in [0.2, 0.25) is 12.7 Å². The second kappa shape index (κ2) is 9.00. The van der Waals surface area contributed by atoms with E-state index in [2.05, 4.69) is 19.7 Å². The zero-order valence-corrected chi connectivity index (χ0v) is 16.7. The average Bonchev–Trinajstić information content (AvgIpc) is 2.72. The number of hydrogen-bond donors (Lipinski definition) is 2. The Morgan fingerprint density at radius 3 is 2.77 bits per heavy atom. The first-order valence-corrected chi connectivity index (χ1v) is 9.76. The Morgan fingerprint density at radius 1 is 1.37 bits per heavy atom. The van der Waals surface area contributed by atoms with E-state index in [1.54, 1.807) is 0 Å². The third kappa shape index (κ3) is 4.41. The Hall–Kier alpha value is -2.66. The lowest BCUT2D eigenvalue weighted by Crippen LogP contribution is -2.46. The number of alkyl halides is 2. The third-order valence-electron chi connectivity index (χ3n) is 4.71. The van der Waals surface area contributed by atoms with E-state index in [-0.39, 0.29) is 28.7 Å². The monoisotopic (exact) mass is 440 g/mol. The molecule has 0 aliphatic carbocycles. The fourth-order valence-corrected chi connectivity index (χ4v) is 4.18. The van der Waals surface area contributed by atoms with Crippen LogP contribution in [0, 0.1) is 5.82 Å². The van der Waals surface area contributed by atoms with Crippen molar-refractivity contribution in [1.82, 2.24) is 9.97 Å². The molecule has 1 aliphatic rings. The van der Waals surface area contributed by atoms with Crippen LogP contribution in [-0.2, 0) is 12.0 Å². The van der Waals surface area contributed by atoms with E-state index in [4.69, 9.17) is 5.73 Å². The molecule has 0 radical (unpaired) electrons. The fourth-order valence-electron chi connectivity index (χ4n) is 3.17. The van der Waals surface area contributed by atoms with Gasteiger partial charge in [0, 0.05) is 12.0 Å². The van der Waals surface area contributed by atoms with Crippen molar-refractivity contribution >= 4 is 22.7 Å². The molecule has 160 valence electrons. The molecule has 7 nitrogen and oxygen atoms in total. The van der Waals surface area contributed by atoms with Gasteiger partial charge in [-0.3, -0.25) is 4.79 Å². The van der Waals surface area contributed by atoms with Gasteiger partial charge in [0.05, 0.1) is 24.3 Å². The molecule has 1 aromatic heterocycles. The minimum Gasteiger partial charge on any atom is -0.445 e. The molecule has 2 heterocycles. The summed E-state index contributed by atoms with van der Waals surface area (Å²) >= 11 is 0.891. The van der Waals surface area contributed by atoms with Crippen LogP contribution in [-0.4, -0.2) is 50.9 Å². The summed E-state index contributed by atoms with van der Waals surface area (Å²) < 4.78 is 46.3. The maximum absolute atomic E-state index is 15.1. The predicted molar refractivity (Wildman–Crippen MR) is 105 cm³/mol. The van der Waals surface area contributed by atoms with Crippen LogP contribution in [0.5, 0.6) is 5.88 Å². The molecule has 0 amide bonds. The number of nitrogens with two attached hydrogens (primary N) is 1. The van der Waals surface area contributed by atoms with E-state index in [0.29, 0.717) is 5.56 Å². The first-order valence-electron chi connectivity index (χ1n) is 8.88. The van der Waals surface area contributed by atoms with Crippen LogP contribution >= 0.6 is 11.8 Å². The highest BCUT2D eigenvalue weighted by molar-refractivity contribution is 8.14. The molecule has 3 rings (SSSR count). The number of carbonyl (C=O) groups is 1. The van der Waals surface area contributed by atoms with Gasteiger partial charge in [0.15, 0.2) is 11.0 Å². The summed E-state index contributed by atoms with van der Waals surface area (Å²) in [6.45, 7) is -0.165. The lowest BCUT2D eigenvalue weighted by molar-refractivity contribution is 0.0987. The normalized spacial score (nSPS) is 23.7. The number of thioether (sulfide) groups is 1. The number of aliphatic imine (C=N–C) groups is 1. The summed E-state index contributed by atoms with van der Waals surface area (Å²) in [5.74, 6) is -1.20. The molecular formula is C19H19F3N4O3S. The van der Waals surface area contributed by atoms with Gasteiger partial charge in [-0.15, -0.1) is 0 Å². The van der Waals surface area contributed by atoms with E-state index in [0.717, 1.165) is 30.2 Å². The molecule has 0 saturated heterocycles. The Bertz CT molecular complexity index is 961. The first-order chi connectivity index (χ1) is 14.3. The number of ether oxygens (including phenoxy) is 1. The van der Waals surface area contributed by atoms with E-state index >= 15 is 4.39 Å². The first kappa shape index (κ1) is 22.0. The molecule has 0 fully saturated rings. The average molecular weight is 440 g/mol. The summed E-state index contributed by atoms with van der Waals surface area (Å²) in [7, 11) is 0. The van der Waals surface area contributed by atoms with Crippen LogP contribution in [0.25, 0.3) is 0 Å². The topological polar surface area (TPSA) is 111 Å². The number of aliphatic hydroxyl groups is 1. The second-order valence-corrected chi connectivity index (χ2v) is 8.01. The molecule has 3 atom stereocenters. The molecular weight excluding hydrogens is 421 g/mol. The Kier molecular flexibility index (Phi) is 6.61. The van der Waals surface area contributed by atoms with E-state index in [9.17, 15) is 18.7 Å². The molecule has 3 N–H and O–H groups in total. The molecule has 1 aromatic carbocycles. The minimum absolute atomic E-state index is 0.0124. The molecule has 0 spiro atoms. The lowest BCUT2D eigenvalue weighted by Gasteiger charge is -2.37. The van der Waals surface area contributed by atoms with Gasteiger partial charge in [0.25, 0.3) is 0 Å². The van der Waals surface area contributed by atoms with Crippen LogP contribution in [0.3, 0.4) is 0 Å². The van der Waals surface area contributed by atoms with Crippen LogP contribution in [0.15, 0.2) is 35.6 Å².